The number of carbonyl (C=O) groups excluding carboxylic acids is 2. The summed E-state index contributed by atoms with van der Waals surface area (Å²) in [7, 11) is 0. The number of anilines is 2. The van der Waals surface area contributed by atoms with E-state index in [0.717, 1.165) is 52.6 Å². The molecule has 0 unspecified atom stereocenters. The van der Waals surface area contributed by atoms with E-state index < -0.39 is 5.41 Å². The van der Waals surface area contributed by atoms with Gasteiger partial charge in [0.15, 0.2) is 0 Å². The first-order valence-corrected chi connectivity index (χ1v) is 14.3. The molecule has 0 atom stereocenters. The van der Waals surface area contributed by atoms with Gasteiger partial charge in [-0.2, -0.15) is 0 Å². The van der Waals surface area contributed by atoms with Gasteiger partial charge in [-0.15, -0.1) is 10.2 Å². The fourth-order valence-corrected chi connectivity index (χ4v) is 6.99. The largest absolute Gasteiger partial charge is 0.349 e. The van der Waals surface area contributed by atoms with E-state index in [1.807, 2.05) is 18.7 Å². The van der Waals surface area contributed by atoms with Crippen molar-refractivity contribution < 1.29 is 9.59 Å². The lowest BCUT2D eigenvalue weighted by molar-refractivity contribution is -0.124. The zero-order valence-corrected chi connectivity index (χ0v) is 23.4. The summed E-state index contributed by atoms with van der Waals surface area (Å²) >= 11 is 7.62. The van der Waals surface area contributed by atoms with Crippen LogP contribution >= 0.6 is 22.9 Å². The SMILES string of the molecule is Cc1ccc2c(c1)N(C[C@H]1CC[C@H](NC(=O)c3cc(Cl)cnc3C)CC1)C(=O)C21CN(c2nnc(C)s2)C1. The van der Waals surface area contributed by atoms with E-state index in [2.05, 4.69) is 50.5 Å². The zero-order valence-electron chi connectivity index (χ0n) is 21.8. The molecule has 2 amide bonds. The summed E-state index contributed by atoms with van der Waals surface area (Å²) in [6.07, 6.45) is 5.27. The summed E-state index contributed by atoms with van der Waals surface area (Å²) in [5, 5.41) is 13.9. The van der Waals surface area contributed by atoms with Gasteiger partial charge in [0.1, 0.15) is 10.4 Å². The van der Waals surface area contributed by atoms with Crippen molar-refractivity contribution in [3.8, 4) is 0 Å². The van der Waals surface area contributed by atoms with Crippen LogP contribution in [0.25, 0.3) is 0 Å². The fourth-order valence-electron chi connectivity index (χ4n) is 6.14. The minimum absolute atomic E-state index is 0.114. The summed E-state index contributed by atoms with van der Waals surface area (Å²) in [6, 6.07) is 8.20. The molecule has 3 aromatic rings. The first-order chi connectivity index (χ1) is 18.2. The van der Waals surface area contributed by atoms with Crippen LogP contribution in [0.15, 0.2) is 30.5 Å². The van der Waals surface area contributed by atoms with Crippen LogP contribution in [0.4, 0.5) is 10.8 Å². The number of benzene rings is 1. The van der Waals surface area contributed by atoms with E-state index >= 15 is 0 Å². The number of carbonyl (C=O) groups is 2. The molecule has 1 aromatic carbocycles. The molecular formula is C28H31ClN6O2S. The lowest BCUT2D eigenvalue weighted by Gasteiger charge is -2.46. The van der Waals surface area contributed by atoms with Crippen LogP contribution in [0.3, 0.4) is 0 Å². The number of aromatic nitrogens is 3. The van der Waals surface area contributed by atoms with Crippen LogP contribution in [0.2, 0.25) is 5.02 Å². The van der Waals surface area contributed by atoms with Gasteiger partial charge in [-0.1, -0.05) is 35.1 Å². The van der Waals surface area contributed by atoms with E-state index in [4.69, 9.17) is 11.6 Å². The number of amides is 2. The number of aryl methyl sites for hydroxylation is 3. The molecule has 2 aliphatic heterocycles. The maximum atomic E-state index is 14.0. The number of hydrogen-bond donors (Lipinski definition) is 1. The average molecular weight is 551 g/mol. The number of fused-ring (bicyclic) bond motifs is 2. The van der Waals surface area contributed by atoms with E-state index in [-0.39, 0.29) is 17.9 Å². The molecule has 1 spiro atoms. The third-order valence-corrected chi connectivity index (χ3v) is 9.35. The van der Waals surface area contributed by atoms with Gasteiger partial charge in [-0.25, -0.2) is 0 Å². The molecule has 2 fully saturated rings. The van der Waals surface area contributed by atoms with Crippen LogP contribution in [-0.4, -0.2) is 52.7 Å². The first kappa shape index (κ1) is 25.2. The van der Waals surface area contributed by atoms with Crippen molar-refractivity contribution >= 4 is 45.6 Å². The Morgan fingerprint density at radius 1 is 1.13 bits per heavy atom. The van der Waals surface area contributed by atoms with Gasteiger partial charge in [0.2, 0.25) is 11.0 Å². The third-order valence-electron chi connectivity index (χ3n) is 8.24. The van der Waals surface area contributed by atoms with Crippen molar-refractivity contribution in [2.75, 3.05) is 29.4 Å². The Morgan fingerprint density at radius 3 is 2.61 bits per heavy atom. The molecule has 0 radical (unpaired) electrons. The molecule has 38 heavy (non-hydrogen) atoms. The Morgan fingerprint density at radius 2 is 1.89 bits per heavy atom. The van der Waals surface area contributed by atoms with Crippen molar-refractivity contribution in [3.63, 3.8) is 0 Å². The molecule has 6 rings (SSSR count). The Labute approximate surface area is 231 Å². The summed E-state index contributed by atoms with van der Waals surface area (Å²) < 4.78 is 0. The smallest absolute Gasteiger partial charge is 0.253 e. The van der Waals surface area contributed by atoms with Gasteiger partial charge < -0.3 is 15.1 Å². The summed E-state index contributed by atoms with van der Waals surface area (Å²) in [4.78, 5) is 35.2. The molecule has 2 aromatic heterocycles. The highest BCUT2D eigenvalue weighted by Gasteiger charge is 2.58. The molecule has 1 saturated carbocycles. The normalized spacial score (nSPS) is 21.9. The zero-order chi connectivity index (χ0) is 26.6. The maximum Gasteiger partial charge on any atom is 0.253 e. The molecule has 1 N–H and O–H groups in total. The van der Waals surface area contributed by atoms with Crippen LogP contribution in [0.1, 0.15) is 57.9 Å². The molecule has 10 heteroatoms. The second kappa shape index (κ2) is 9.61. The van der Waals surface area contributed by atoms with Crippen molar-refractivity contribution in [1.82, 2.24) is 20.5 Å². The standard InChI is InChI=1S/C28H31ClN6O2S/c1-16-4-9-23-24(10-16)35(26(37)28(23)14-34(15-28)27-33-32-18(3)38-27)13-19-5-7-21(8-6-19)31-25(36)22-11-20(29)12-30-17(22)2/h4,9-12,19,21H,5-8,13-15H2,1-3H3,(H,31,36)/t19-,21-. The predicted molar refractivity (Wildman–Crippen MR) is 149 cm³/mol. The fraction of sp³-hybridized carbons (Fsp3) is 0.464. The van der Waals surface area contributed by atoms with E-state index in [1.165, 1.54) is 0 Å². The van der Waals surface area contributed by atoms with Crippen molar-refractivity contribution in [2.45, 2.75) is 57.9 Å². The molecule has 3 aliphatic rings. The Kier molecular flexibility index (Phi) is 6.39. The lowest BCUT2D eigenvalue weighted by Crippen LogP contribution is -2.64. The van der Waals surface area contributed by atoms with Crippen LogP contribution in [0, 0.1) is 26.7 Å². The topological polar surface area (TPSA) is 91.3 Å². The minimum atomic E-state index is -0.503. The molecule has 0 bridgehead atoms. The van der Waals surface area contributed by atoms with Crippen molar-refractivity contribution in [1.29, 1.82) is 0 Å². The number of nitrogens with zero attached hydrogens (tertiary/aromatic N) is 5. The van der Waals surface area contributed by atoms with Crippen molar-refractivity contribution in [2.24, 2.45) is 5.92 Å². The van der Waals surface area contributed by atoms with Crippen LogP contribution in [0.5, 0.6) is 0 Å². The maximum absolute atomic E-state index is 14.0. The quantitative estimate of drug-likeness (QED) is 0.499. The van der Waals surface area contributed by atoms with E-state index in [9.17, 15) is 9.59 Å². The molecule has 1 saturated heterocycles. The number of pyridine rings is 1. The van der Waals surface area contributed by atoms with Crippen LogP contribution in [-0.2, 0) is 10.2 Å². The van der Waals surface area contributed by atoms with Gasteiger partial charge in [0.05, 0.1) is 16.3 Å². The monoisotopic (exact) mass is 550 g/mol. The highest BCUT2D eigenvalue weighted by atomic mass is 35.5. The second-order valence-electron chi connectivity index (χ2n) is 11.0. The van der Waals surface area contributed by atoms with E-state index in [0.29, 0.717) is 41.8 Å². The number of rotatable bonds is 5. The van der Waals surface area contributed by atoms with Gasteiger partial charge in [-0.3, -0.25) is 14.6 Å². The second-order valence-corrected chi connectivity index (χ2v) is 12.6. The number of halogens is 1. The number of nitrogens with one attached hydrogen (secondary N) is 1. The predicted octanol–water partition coefficient (Wildman–Crippen LogP) is 4.61. The molecule has 198 valence electrons. The first-order valence-electron chi connectivity index (χ1n) is 13.1. The third kappa shape index (κ3) is 4.35. The van der Waals surface area contributed by atoms with Gasteiger partial charge in [0.25, 0.3) is 5.91 Å². The molecule has 4 heterocycles. The summed E-state index contributed by atoms with van der Waals surface area (Å²) in [5.41, 5.74) is 4.05. The Bertz CT molecular complexity index is 1410. The summed E-state index contributed by atoms with van der Waals surface area (Å²) in [5.74, 6) is 0.476. The Hall–Kier alpha value is -3.04. The molecule has 8 nitrogen and oxygen atoms in total. The van der Waals surface area contributed by atoms with Gasteiger partial charge in [-0.05, 0) is 75.6 Å². The molecular weight excluding hydrogens is 520 g/mol. The summed E-state index contributed by atoms with van der Waals surface area (Å²) in [6.45, 7) is 7.85. The molecule has 1 aliphatic carbocycles. The Balaban J connectivity index is 1.12. The number of hydrogen-bond acceptors (Lipinski definition) is 7. The van der Waals surface area contributed by atoms with Gasteiger partial charge in [0, 0.05) is 37.6 Å². The van der Waals surface area contributed by atoms with Crippen LogP contribution < -0.4 is 15.1 Å². The highest BCUT2D eigenvalue weighted by Crippen LogP contribution is 2.49. The van der Waals surface area contributed by atoms with E-state index in [1.54, 1.807) is 23.6 Å². The van der Waals surface area contributed by atoms with Gasteiger partial charge >= 0.3 is 0 Å². The highest BCUT2D eigenvalue weighted by molar-refractivity contribution is 7.15. The minimum Gasteiger partial charge on any atom is -0.349 e. The van der Waals surface area contributed by atoms with Crippen molar-refractivity contribution in [3.05, 3.63) is 62.9 Å². The lowest BCUT2D eigenvalue weighted by atomic mass is 9.74. The average Bonchev–Trinajstić information content (AvgIpc) is 3.39.